The summed E-state index contributed by atoms with van der Waals surface area (Å²) >= 11 is 0. The quantitative estimate of drug-likeness (QED) is 0.753. The molecular weight excluding hydrogens is 229 g/mol. The average Bonchev–Trinajstić information content (AvgIpc) is 2.30. The summed E-state index contributed by atoms with van der Waals surface area (Å²) in [6, 6.07) is 0. The lowest BCUT2D eigenvalue weighted by molar-refractivity contribution is -0.0961. The van der Waals surface area contributed by atoms with Crippen molar-refractivity contribution in [2.24, 2.45) is 5.92 Å². The molecular formula is C12H19F3N2. The second-order valence-electron chi connectivity index (χ2n) is 4.95. The Bertz CT molecular complexity index is 280. The largest absolute Gasteiger partial charge is 0.412 e. The molecule has 2 aliphatic heterocycles. The molecule has 2 rings (SSSR count). The first-order chi connectivity index (χ1) is 8.05. The Morgan fingerprint density at radius 3 is 2.76 bits per heavy atom. The second kappa shape index (κ2) is 5.40. The van der Waals surface area contributed by atoms with E-state index in [1.165, 1.54) is 18.9 Å². The van der Waals surface area contributed by atoms with Gasteiger partial charge in [-0.2, -0.15) is 13.2 Å². The zero-order valence-electron chi connectivity index (χ0n) is 9.89. The van der Waals surface area contributed by atoms with Crippen molar-refractivity contribution < 1.29 is 13.2 Å². The molecule has 98 valence electrons. The van der Waals surface area contributed by atoms with Gasteiger partial charge >= 0.3 is 6.18 Å². The Labute approximate surface area is 99.9 Å². The molecule has 5 heteroatoms. The molecule has 0 aromatic carbocycles. The Balaban J connectivity index is 1.80. The summed E-state index contributed by atoms with van der Waals surface area (Å²) in [5, 5.41) is 3.34. The smallest absolute Gasteiger partial charge is 0.316 e. The van der Waals surface area contributed by atoms with Crippen LogP contribution in [0.15, 0.2) is 11.6 Å². The third-order valence-electron chi connectivity index (χ3n) is 3.57. The summed E-state index contributed by atoms with van der Waals surface area (Å²) < 4.78 is 37.3. The number of halogens is 3. The minimum absolute atomic E-state index is 0.143. The Morgan fingerprint density at radius 1 is 1.41 bits per heavy atom. The third kappa shape index (κ3) is 3.71. The number of nitrogens with zero attached hydrogens (tertiary/aromatic N) is 1. The van der Waals surface area contributed by atoms with Gasteiger partial charge < -0.3 is 5.32 Å². The van der Waals surface area contributed by atoms with E-state index in [9.17, 15) is 13.2 Å². The molecule has 0 aliphatic carbocycles. The number of hydrogen-bond acceptors (Lipinski definition) is 2. The van der Waals surface area contributed by atoms with Crippen LogP contribution in [0.3, 0.4) is 0 Å². The molecule has 0 radical (unpaired) electrons. The van der Waals surface area contributed by atoms with Gasteiger partial charge in [0.2, 0.25) is 0 Å². The number of piperidine rings is 1. The molecule has 1 fully saturated rings. The van der Waals surface area contributed by atoms with Crippen molar-refractivity contribution in [2.75, 3.05) is 32.7 Å². The standard InChI is InChI=1S/C12H19F3N2/c13-12(14,15)11-3-6-17(7-4-11)9-10-2-1-5-16-8-10/h3,10,16H,1-2,4-9H2/t10-/m0/s1. The van der Waals surface area contributed by atoms with Gasteiger partial charge in [-0.3, -0.25) is 4.90 Å². The minimum Gasteiger partial charge on any atom is -0.316 e. The highest BCUT2D eigenvalue weighted by atomic mass is 19.4. The van der Waals surface area contributed by atoms with Crippen LogP contribution in [0, 0.1) is 5.92 Å². The van der Waals surface area contributed by atoms with E-state index in [-0.39, 0.29) is 12.0 Å². The topological polar surface area (TPSA) is 15.3 Å². The van der Waals surface area contributed by atoms with Crippen LogP contribution in [0.25, 0.3) is 0 Å². The van der Waals surface area contributed by atoms with Gasteiger partial charge in [0.1, 0.15) is 0 Å². The third-order valence-corrected chi connectivity index (χ3v) is 3.57. The first kappa shape index (κ1) is 12.9. The van der Waals surface area contributed by atoms with Gasteiger partial charge in [0.25, 0.3) is 0 Å². The number of alkyl halides is 3. The number of hydrogen-bond donors (Lipinski definition) is 1. The zero-order chi connectivity index (χ0) is 12.3. The van der Waals surface area contributed by atoms with E-state index in [0.29, 0.717) is 19.0 Å². The van der Waals surface area contributed by atoms with Gasteiger partial charge in [-0.25, -0.2) is 0 Å². The fourth-order valence-corrected chi connectivity index (χ4v) is 2.58. The summed E-state index contributed by atoms with van der Waals surface area (Å²) in [7, 11) is 0. The second-order valence-corrected chi connectivity index (χ2v) is 4.95. The van der Waals surface area contributed by atoms with Crippen LogP contribution >= 0.6 is 0 Å². The monoisotopic (exact) mass is 248 g/mol. The molecule has 1 N–H and O–H groups in total. The van der Waals surface area contributed by atoms with E-state index in [4.69, 9.17) is 0 Å². The fraction of sp³-hybridized carbons (Fsp3) is 0.833. The van der Waals surface area contributed by atoms with E-state index in [2.05, 4.69) is 10.2 Å². The molecule has 0 unspecified atom stereocenters. The van der Waals surface area contributed by atoms with E-state index in [1.54, 1.807) is 0 Å². The SMILES string of the molecule is FC(F)(F)C1=CCN(C[C@H]2CCCNC2)CC1. The molecule has 2 nitrogen and oxygen atoms in total. The molecule has 2 heterocycles. The van der Waals surface area contributed by atoms with Gasteiger partial charge in [-0.1, -0.05) is 6.08 Å². The predicted octanol–water partition coefficient (Wildman–Crippen LogP) is 2.18. The van der Waals surface area contributed by atoms with Gasteiger partial charge in [-0.05, 0) is 38.3 Å². The summed E-state index contributed by atoms with van der Waals surface area (Å²) in [6.07, 6.45) is -0.261. The maximum Gasteiger partial charge on any atom is 0.412 e. The predicted molar refractivity (Wildman–Crippen MR) is 60.8 cm³/mol. The number of nitrogens with one attached hydrogen (secondary N) is 1. The molecule has 0 saturated carbocycles. The highest BCUT2D eigenvalue weighted by Crippen LogP contribution is 2.30. The van der Waals surface area contributed by atoms with Gasteiger partial charge in [0.05, 0.1) is 0 Å². The van der Waals surface area contributed by atoms with Crippen LogP contribution < -0.4 is 5.32 Å². The van der Waals surface area contributed by atoms with Gasteiger partial charge in [0, 0.05) is 25.2 Å². The van der Waals surface area contributed by atoms with Crippen molar-refractivity contribution in [1.29, 1.82) is 0 Å². The minimum atomic E-state index is -4.13. The van der Waals surface area contributed by atoms with Crippen molar-refractivity contribution in [2.45, 2.75) is 25.4 Å². The highest BCUT2D eigenvalue weighted by molar-refractivity contribution is 5.13. The van der Waals surface area contributed by atoms with Gasteiger partial charge in [-0.15, -0.1) is 0 Å². The summed E-state index contributed by atoms with van der Waals surface area (Å²) in [5.74, 6) is 0.601. The summed E-state index contributed by atoms with van der Waals surface area (Å²) in [5.41, 5.74) is -0.351. The average molecular weight is 248 g/mol. The van der Waals surface area contributed by atoms with Crippen LogP contribution in [0.5, 0.6) is 0 Å². The zero-order valence-corrected chi connectivity index (χ0v) is 9.89. The molecule has 2 aliphatic rings. The van der Waals surface area contributed by atoms with Crippen LogP contribution in [-0.2, 0) is 0 Å². The van der Waals surface area contributed by atoms with Crippen molar-refractivity contribution in [3.63, 3.8) is 0 Å². The highest BCUT2D eigenvalue weighted by Gasteiger charge is 2.34. The lowest BCUT2D eigenvalue weighted by Crippen LogP contribution is -2.40. The fourth-order valence-electron chi connectivity index (χ4n) is 2.58. The van der Waals surface area contributed by atoms with Crippen molar-refractivity contribution >= 4 is 0 Å². The Morgan fingerprint density at radius 2 is 2.24 bits per heavy atom. The summed E-state index contributed by atoms with van der Waals surface area (Å²) in [6.45, 7) is 4.00. The molecule has 0 amide bonds. The summed E-state index contributed by atoms with van der Waals surface area (Å²) in [4.78, 5) is 2.13. The molecule has 0 spiro atoms. The lowest BCUT2D eigenvalue weighted by Gasteiger charge is -2.32. The normalized spacial score (nSPS) is 27.9. The van der Waals surface area contributed by atoms with Crippen LogP contribution in [-0.4, -0.2) is 43.8 Å². The maximum absolute atomic E-state index is 12.4. The molecule has 1 saturated heterocycles. The molecule has 17 heavy (non-hydrogen) atoms. The first-order valence-corrected chi connectivity index (χ1v) is 6.25. The van der Waals surface area contributed by atoms with Crippen molar-refractivity contribution in [3.8, 4) is 0 Å². The van der Waals surface area contributed by atoms with E-state index >= 15 is 0 Å². The Hall–Kier alpha value is -0.550. The molecule has 0 aromatic heterocycles. The van der Waals surface area contributed by atoms with E-state index in [0.717, 1.165) is 19.6 Å². The Kier molecular flexibility index (Phi) is 4.09. The van der Waals surface area contributed by atoms with E-state index < -0.39 is 6.18 Å². The van der Waals surface area contributed by atoms with Crippen molar-refractivity contribution in [1.82, 2.24) is 10.2 Å². The lowest BCUT2D eigenvalue weighted by atomic mass is 9.98. The molecule has 0 aromatic rings. The first-order valence-electron chi connectivity index (χ1n) is 6.25. The van der Waals surface area contributed by atoms with Crippen LogP contribution in [0.4, 0.5) is 13.2 Å². The molecule has 0 bridgehead atoms. The van der Waals surface area contributed by atoms with Crippen LogP contribution in [0.2, 0.25) is 0 Å². The van der Waals surface area contributed by atoms with E-state index in [1.807, 2.05) is 0 Å². The number of rotatable bonds is 2. The molecule has 1 atom stereocenters. The van der Waals surface area contributed by atoms with Crippen LogP contribution in [0.1, 0.15) is 19.3 Å². The van der Waals surface area contributed by atoms with Gasteiger partial charge in [0.15, 0.2) is 0 Å². The maximum atomic E-state index is 12.4. The van der Waals surface area contributed by atoms with Crippen molar-refractivity contribution in [3.05, 3.63) is 11.6 Å².